The summed E-state index contributed by atoms with van der Waals surface area (Å²) in [6, 6.07) is -0.721. The minimum atomic E-state index is -1.07. The number of carboxylic acid groups (broad SMARTS) is 1. The molecule has 2 N–H and O–H groups in total. The number of hydrogen-bond donors (Lipinski definition) is 2. The number of carbonyl (C=O) groups is 3. The molecular formula is C11H19NO5. The van der Waals surface area contributed by atoms with Gasteiger partial charge in [-0.05, 0) is 13.3 Å². The average Bonchev–Trinajstić information content (AvgIpc) is 2.14. The van der Waals surface area contributed by atoms with E-state index in [4.69, 9.17) is 9.84 Å². The van der Waals surface area contributed by atoms with Crippen molar-refractivity contribution in [3.63, 3.8) is 0 Å². The second kappa shape index (κ2) is 7.65. The lowest BCUT2D eigenvalue weighted by atomic mass is 10.1. The van der Waals surface area contributed by atoms with Gasteiger partial charge in [0.05, 0.1) is 18.9 Å². The van der Waals surface area contributed by atoms with E-state index in [0.29, 0.717) is 6.42 Å². The van der Waals surface area contributed by atoms with Gasteiger partial charge < -0.3 is 15.2 Å². The molecule has 0 radical (unpaired) electrons. The van der Waals surface area contributed by atoms with Gasteiger partial charge in [-0.15, -0.1) is 0 Å². The summed E-state index contributed by atoms with van der Waals surface area (Å²) in [5, 5.41) is 11.0. The minimum Gasteiger partial charge on any atom is -0.481 e. The Morgan fingerprint density at radius 1 is 1.29 bits per heavy atom. The van der Waals surface area contributed by atoms with Crippen molar-refractivity contribution in [1.82, 2.24) is 5.32 Å². The molecule has 2 atom stereocenters. The lowest BCUT2D eigenvalue weighted by Crippen LogP contribution is -2.37. The van der Waals surface area contributed by atoms with Crippen LogP contribution < -0.4 is 5.32 Å². The third kappa shape index (κ3) is 8.24. The highest BCUT2D eigenvalue weighted by atomic mass is 16.5. The summed E-state index contributed by atoms with van der Waals surface area (Å²) in [5.74, 6) is -1.94. The summed E-state index contributed by atoms with van der Waals surface area (Å²) in [4.78, 5) is 32.8. The van der Waals surface area contributed by atoms with Crippen LogP contribution >= 0.6 is 0 Å². The first kappa shape index (κ1) is 15.4. The quantitative estimate of drug-likeness (QED) is 0.644. The van der Waals surface area contributed by atoms with Crippen LogP contribution in [0.2, 0.25) is 0 Å². The van der Waals surface area contributed by atoms with Crippen molar-refractivity contribution in [3.8, 4) is 0 Å². The van der Waals surface area contributed by atoms with Crippen molar-refractivity contribution in [2.45, 2.75) is 52.2 Å². The predicted molar refractivity (Wildman–Crippen MR) is 60.3 cm³/mol. The van der Waals surface area contributed by atoms with Crippen LogP contribution in [-0.2, 0) is 19.1 Å². The molecule has 0 aliphatic heterocycles. The van der Waals surface area contributed by atoms with Crippen molar-refractivity contribution in [2.75, 3.05) is 0 Å². The number of aliphatic carboxylic acids is 1. The first-order valence-electron chi connectivity index (χ1n) is 5.53. The van der Waals surface area contributed by atoms with Gasteiger partial charge in [0.15, 0.2) is 0 Å². The largest absolute Gasteiger partial charge is 0.481 e. The number of ether oxygens (including phenoxy) is 1. The number of amides is 1. The Morgan fingerprint density at radius 2 is 1.88 bits per heavy atom. The number of hydrogen-bond acceptors (Lipinski definition) is 4. The Morgan fingerprint density at radius 3 is 2.29 bits per heavy atom. The van der Waals surface area contributed by atoms with Crippen molar-refractivity contribution < 1.29 is 24.2 Å². The number of nitrogens with one attached hydrogen (secondary N) is 1. The van der Waals surface area contributed by atoms with Crippen molar-refractivity contribution in [2.24, 2.45) is 0 Å². The molecule has 6 heteroatoms. The molecule has 17 heavy (non-hydrogen) atoms. The van der Waals surface area contributed by atoms with E-state index in [0.717, 1.165) is 0 Å². The van der Waals surface area contributed by atoms with Crippen molar-refractivity contribution in [1.29, 1.82) is 0 Å². The summed E-state index contributed by atoms with van der Waals surface area (Å²) >= 11 is 0. The van der Waals surface area contributed by atoms with Crippen LogP contribution in [0.5, 0.6) is 0 Å². The Hall–Kier alpha value is -1.59. The van der Waals surface area contributed by atoms with Crippen LogP contribution in [0.15, 0.2) is 0 Å². The summed E-state index contributed by atoms with van der Waals surface area (Å²) in [6.45, 7) is 4.90. The van der Waals surface area contributed by atoms with Gasteiger partial charge in [-0.3, -0.25) is 14.4 Å². The SMILES string of the molecule is CCC(C)OC(=O)CC(CC(=O)O)NC(C)=O. The van der Waals surface area contributed by atoms with Gasteiger partial charge in [0, 0.05) is 13.0 Å². The third-order valence-electron chi connectivity index (χ3n) is 2.15. The van der Waals surface area contributed by atoms with Crippen LogP contribution in [-0.4, -0.2) is 35.1 Å². The van der Waals surface area contributed by atoms with Gasteiger partial charge in [0.2, 0.25) is 5.91 Å². The zero-order valence-electron chi connectivity index (χ0n) is 10.4. The molecule has 0 spiro atoms. The maximum Gasteiger partial charge on any atom is 0.308 e. The Bertz CT molecular complexity index is 274. The van der Waals surface area contributed by atoms with E-state index in [1.54, 1.807) is 6.92 Å². The van der Waals surface area contributed by atoms with Crippen LogP contribution in [0.25, 0.3) is 0 Å². The van der Waals surface area contributed by atoms with E-state index in [2.05, 4.69) is 5.32 Å². The predicted octanol–water partition coefficient (Wildman–Crippen LogP) is 0.698. The first-order chi connectivity index (χ1) is 7.85. The molecule has 6 nitrogen and oxygen atoms in total. The highest BCUT2D eigenvalue weighted by molar-refractivity contribution is 5.77. The first-order valence-corrected chi connectivity index (χ1v) is 5.53. The molecular weight excluding hydrogens is 226 g/mol. The van der Waals surface area contributed by atoms with Crippen LogP contribution in [0.4, 0.5) is 0 Å². The lowest BCUT2D eigenvalue weighted by Gasteiger charge is -2.17. The summed E-state index contributed by atoms with van der Waals surface area (Å²) in [6.07, 6.45) is 0.0613. The highest BCUT2D eigenvalue weighted by Crippen LogP contribution is 2.04. The van der Waals surface area contributed by atoms with Crippen molar-refractivity contribution in [3.05, 3.63) is 0 Å². The molecule has 0 saturated carbocycles. The number of carbonyl (C=O) groups excluding carboxylic acids is 2. The van der Waals surface area contributed by atoms with Crippen molar-refractivity contribution >= 4 is 17.8 Å². The van der Waals surface area contributed by atoms with Gasteiger partial charge in [-0.1, -0.05) is 6.92 Å². The fourth-order valence-corrected chi connectivity index (χ4v) is 1.23. The molecule has 0 fully saturated rings. The molecule has 0 aromatic rings. The van der Waals surface area contributed by atoms with E-state index >= 15 is 0 Å². The van der Waals surface area contributed by atoms with E-state index in [9.17, 15) is 14.4 Å². The van der Waals surface area contributed by atoms with Gasteiger partial charge in [-0.2, -0.15) is 0 Å². The van der Waals surface area contributed by atoms with Gasteiger partial charge in [-0.25, -0.2) is 0 Å². The Labute approximate surface area is 100 Å². The summed E-state index contributed by atoms with van der Waals surface area (Å²) in [5.41, 5.74) is 0. The maximum absolute atomic E-state index is 11.4. The molecule has 0 bridgehead atoms. The molecule has 2 unspecified atom stereocenters. The Balaban J connectivity index is 4.26. The number of carboxylic acids is 1. The third-order valence-corrected chi connectivity index (χ3v) is 2.15. The standard InChI is InChI=1S/C11H19NO5/c1-4-7(2)17-11(16)6-9(5-10(14)15)12-8(3)13/h7,9H,4-6H2,1-3H3,(H,12,13)(H,14,15). The lowest BCUT2D eigenvalue weighted by molar-refractivity contribution is -0.149. The second-order valence-corrected chi connectivity index (χ2v) is 3.91. The topological polar surface area (TPSA) is 92.7 Å². The van der Waals surface area contributed by atoms with Crippen LogP contribution in [0.1, 0.15) is 40.0 Å². The molecule has 0 heterocycles. The van der Waals surface area contributed by atoms with E-state index in [1.165, 1.54) is 6.92 Å². The molecule has 0 saturated heterocycles. The smallest absolute Gasteiger partial charge is 0.308 e. The van der Waals surface area contributed by atoms with Crippen LogP contribution in [0.3, 0.4) is 0 Å². The number of esters is 1. The van der Waals surface area contributed by atoms with Gasteiger partial charge in [0.1, 0.15) is 0 Å². The van der Waals surface area contributed by atoms with E-state index in [-0.39, 0.29) is 24.9 Å². The van der Waals surface area contributed by atoms with Crippen LogP contribution in [0, 0.1) is 0 Å². The van der Waals surface area contributed by atoms with Gasteiger partial charge >= 0.3 is 11.9 Å². The van der Waals surface area contributed by atoms with E-state index < -0.39 is 18.0 Å². The minimum absolute atomic E-state index is 0.129. The summed E-state index contributed by atoms with van der Waals surface area (Å²) in [7, 11) is 0. The maximum atomic E-state index is 11.4. The highest BCUT2D eigenvalue weighted by Gasteiger charge is 2.20. The molecule has 0 aromatic carbocycles. The molecule has 1 amide bonds. The zero-order valence-corrected chi connectivity index (χ0v) is 10.4. The normalized spacial score (nSPS) is 13.6. The molecule has 0 aromatic heterocycles. The summed E-state index contributed by atoms with van der Waals surface area (Å²) < 4.78 is 5.01. The zero-order chi connectivity index (χ0) is 13.4. The monoisotopic (exact) mass is 245 g/mol. The fourth-order valence-electron chi connectivity index (χ4n) is 1.23. The van der Waals surface area contributed by atoms with E-state index in [1.807, 2.05) is 6.92 Å². The molecule has 98 valence electrons. The number of rotatable bonds is 7. The van der Waals surface area contributed by atoms with Gasteiger partial charge in [0.25, 0.3) is 0 Å². The molecule has 0 aliphatic carbocycles. The average molecular weight is 245 g/mol. The second-order valence-electron chi connectivity index (χ2n) is 3.91. The molecule has 0 aliphatic rings. The Kier molecular flexibility index (Phi) is 6.93. The molecule has 0 rings (SSSR count). The fraction of sp³-hybridized carbons (Fsp3) is 0.727.